The van der Waals surface area contributed by atoms with Gasteiger partial charge in [0.15, 0.2) is 11.5 Å². The highest BCUT2D eigenvalue weighted by Gasteiger charge is 2.55. The lowest BCUT2D eigenvalue weighted by molar-refractivity contribution is -0.145. The van der Waals surface area contributed by atoms with Crippen LogP contribution in [0.3, 0.4) is 0 Å². The first-order valence-electron chi connectivity index (χ1n) is 11.3. The third kappa shape index (κ3) is 3.92. The molecule has 1 aromatic carbocycles. The standard InChI is InChI=1S/C24H31N2O6P/c1-6-33(28,7-2)32-19-10-16-14-26(4)17(13-25)12-24-9-8-18(30-15(3)27)11-20(24)31-23(21(16)24)22(19)29-5/h8-10,17-18,20H,6-7,11-12,14H2,1-5H3. The number of ether oxygens (including phenoxy) is 3. The van der Waals surface area contributed by atoms with E-state index in [0.717, 1.165) is 11.1 Å². The Morgan fingerprint density at radius 3 is 2.73 bits per heavy atom. The van der Waals surface area contributed by atoms with Crippen LogP contribution in [0.4, 0.5) is 0 Å². The van der Waals surface area contributed by atoms with Gasteiger partial charge in [0, 0.05) is 37.8 Å². The smallest absolute Gasteiger partial charge is 0.303 e. The van der Waals surface area contributed by atoms with Gasteiger partial charge in [0.25, 0.3) is 0 Å². The molecule has 2 aliphatic heterocycles. The van der Waals surface area contributed by atoms with E-state index in [4.69, 9.17) is 18.7 Å². The van der Waals surface area contributed by atoms with Crippen molar-refractivity contribution >= 4 is 13.3 Å². The van der Waals surface area contributed by atoms with Crippen molar-refractivity contribution in [2.45, 2.75) is 63.8 Å². The maximum atomic E-state index is 13.2. The van der Waals surface area contributed by atoms with Crippen LogP contribution < -0.4 is 14.0 Å². The van der Waals surface area contributed by atoms with Crippen LogP contribution >= 0.6 is 7.37 Å². The second-order valence-electron chi connectivity index (χ2n) is 8.96. The van der Waals surface area contributed by atoms with E-state index >= 15 is 0 Å². The number of hydrogen-bond donors (Lipinski definition) is 0. The Balaban J connectivity index is 1.89. The lowest BCUT2D eigenvalue weighted by atomic mass is 9.68. The van der Waals surface area contributed by atoms with Gasteiger partial charge in [0.1, 0.15) is 12.2 Å². The summed E-state index contributed by atoms with van der Waals surface area (Å²) in [5.41, 5.74) is 1.37. The molecule has 4 atom stereocenters. The van der Waals surface area contributed by atoms with Crippen LogP contribution in [0.5, 0.6) is 17.2 Å². The number of hydrogen-bond acceptors (Lipinski definition) is 8. The predicted octanol–water partition coefficient (Wildman–Crippen LogP) is 4.01. The normalized spacial score (nSPS) is 28.1. The summed E-state index contributed by atoms with van der Waals surface area (Å²) in [6.45, 7) is 5.61. The van der Waals surface area contributed by atoms with Gasteiger partial charge in [-0.3, -0.25) is 14.3 Å². The van der Waals surface area contributed by atoms with Crippen molar-refractivity contribution in [3.63, 3.8) is 0 Å². The second-order valence-corrected chi connectivity index (χ2v) is 12.0. The van der Waals surface area contributed by atoms with Crippen LogP contribution in [0.2, 0.25) is 0 Å². The molecule has 4 unspecified atom stereocenters. The van der Waals surface area contributed by atoms with E-state index in [-0.39, 0.29) is 18.1 Å². The Kier molecular flexibility index (Phi) is 6.24. The number of esters is 1. The average Bonchev–Trinajstić information content (AvgIpc) is 3.05. The Morgan fingerprint density at radius 1 is 1.39 bits per heavy atom. The van der Waals surface area contributed by atoms with Crippen LogP contribution in [0, 0.1) is 11.3 Å². The minimum absolute atomic E-state index is 0.336. The summed E-state index contributed by atoms with van der Waals surface area (Å²) in [4.78, 5) is 13.6. The Labute approximate surface area is 194 Å². The van der Waals surface area contributed by atoms with E-state index in [1.165, 1.54) is 6.92 Å². The summed E-state index contributed by atoms with van der Waals surface area (Å²) >= 11 is 0. The van der Waals surface area contributed by atoms with Gasteiger partial charge >= 0.3 is 5.97 Å². The molecule has 0 aromatic heterocycles. The highest BCUT2D eigenvalue weighted by atomic mass is 31.2. The van der Waals surface area contributed by atoms with Gasteiger partial charge in [0.05, 0.1) is 24.6 Å². The van der Waals surface area contributed by atoms with Crippen LogP contribution in [-0.4, -0.2) is 55.6 Å². The van der Waals surface area contributed by atoms with Crippen LogP contribution in [0.15, 0.2) is 18.2 Å². The molecule has 1 aliphatic carbocycles. The fourth-order valence-corrected chi connectivity index (χ4v) is 6.43. The molecule has 0 bridgehead atoms. The number of benzene rings is 1. The molecule has 0 N–H and O–H groups in total. The first-order valence-corrected chi connectivity index (χ1v) is 13.3. The molecular formula is C24H31N2O6P. The lowest BCUT2D eigenvalue weighted by Gasteiger charge is -2.37. The van der Waals surface area contributed by atoms with E-state index in [2.05, 4.69) is 6.07 Å². The number of rotatable bonds is 6. The molecule has 8 nitrogen and oxygen atoms in total. The summed E-state index contributed by atoms with van der Waals surface area (Å²) in [5, 5.41) is 9.91. The number of carbonyl (C=O) groups excluding carboxylic acids is 1. The maximum Gasteiger partial charge on any atom is 0.303 e. The number of nitrogens with zero attached hydrogens (tertiary/aromatic N) is 2. The number of carbonyl (C=O) groups is 1. The van der Waals surface area contributed by atoms with Crippen molar-refractivity contribution < 1.29 is 28.1 Å². The molecule has 2 heterocycles. The fourth-order valence-electron chi connectivity index (χ4n) is 5.23. The van der Waals surface area contributed by atoms with Crippen LogP contribution in [-0.2, 0) is 26.1 Å². The van der Waals surface area contributed by atoms with Crippen molar-refractivity contribution in [1.29, 1.82) is 5.26 Å². The van der Waals surface area contributed by atoms with Crippen molar-refractivity contribution in [2.75, 3.05) is 26.5 Å². The molecule has 0 fully saturated rings. The number of nitriles is 1. The van der Waals surface area contributed by atoms with Crippen molar-refractivity contribution in [3.8, 4) is 23.3 Å². The molecule has 0 radical (unpaired) electrons. The summed E-state index contributed by atoms with van der Waals surface area (Å²) in [7, 11) is 0.600. The Morgan fingerprint density at radius 2 is 2.12 bits per heavy atom. The van der Waals surface area contributed by atoms with Gasteiger partial charge in [-0.25, -0.2) is 0 Å². The highest BCUT2D eigenvalue weighted by Crippen LogP contribution is 2.60. The first-order chi connectivity index (χ1) is 15.7. The predicted molar refractivity (Wildman–Crippen MR) is 123 cm³/mol. The minimum atomic E-state index is -2.87. The zero-order chi connectivity index (χ0) is 24.0. The second kappa shape index (κ2) is 8.70. The maximum absolute atomic E-state index is 13.2. The molecule has 178 valence electrons. The SMILES string of the molecule is CCP(=O)(CC)Oc1cc2c3c(c1OC)OC1CC(OC(C)=O)C=CC31CC(C#N)N(C)C2. The number of methoxy groups -OCH3 is 1. The topological polar surface area (TPSA) is 98.1 Å². The zero-order valence-corrected chi connectivity index (χ0v) is 20.7. The summed E-state index contributed by atoms with van der Waals surface area (Å²) in [6, 6.07) is 3.99. The van der Waals surface area contributed by atoms with E-state index in [0.29, 0.717) is 49.0 Å². The lowest BCUT2D eigenvalue weighted by Crippen LogP contribution is -2.45. The summed E-state index contributed by atoms with van der Waals surface area (Å²) < 4.78 is 36.9. The van der Waals surface area contributed by atoms with Gasteiger partial charge < -0.3 is 18.7 Å². The molecular weight excluding hydrogens is 443 g/mol. The van der Waals surface area contributed by atoms with E-state index < -0.39 is 18.9 Å². The van der Waals surface area contributed by atoms with Crippen LogP contribution in [0.25, 0.3) is 0 Å². The third-order valence-electron chi connectivity index (χ3n) is 7.02. The monoisotopic (exact) mass is 474 g/mol. The Hall–Kier alpha value is -2.49. The average molecular weight is 474 g/mol. The van der Waals surface area contributed by atoms with Gasteiger partial charge in [-0.05, 0) is 31.2 Å². The van der Waals surface area contributed by atoms with Crippen LogP contribution in [0.1, 0.15) is 44.7 Å². The molecule has 0 saturated heterocycles. The van der Waals surface area contributed by atoms with Crippen molar-refractivity contribution in [3.05, 3.63) is 29.3 Å². The van der Waals surface area contributed by atoms with Gasteiger partial charge in [-0.1, -0.05) is 19.9 Å². The zero-order valence-electron chi connectivity index (χ0n) is 19.8. The molecule has 9 heteroatoms. The van der Waals surface area contributed by atoms with Gasteiger partial charge in [-0.2, -0.15) is 5.26 Å². The molecule has 1 aromatic rings. The summed E-state index contributed by atoms with van der Waals surface area (Å²) in [6.07, 6.45) is 5.03. The minimum Gasteiger partial charge on any atom is -0.490 e. The van der Waals surface area contributed by atoms with Gasteiger partial charge in [-0.15, -0.1) is 0 Å². The Bertz CT molecular complexity index is 1070. The third-order valence-corrected chi connectivity index (χ3v) is 9.48. The quantitative estimate of drug-likeness (QED) is 0.347. The van der Waals surface area contributed by atoms with E-state index in [1.807, 2.05) is 44.0 Å². The molecule has 1 spiro atoms. The molecule has 4 rings (SSSR count). The molecule has 33 heavy (non-hydrogen) atoms. The van der Waals surface area contributed by atoms with E-state index in [9.17, 15) is 14.6 Å². The van der Waals surface area contributed by atoms with Crippen molar-refractivity contribution in [2.24, 2.45) is 0 Å². The largest absolute Gasteiger partial charge is 0.490 e. The molecule has 3 aliphatic rings. The van der Waals surface area contributed by atoms with E-state index in [1.54, 1.807) is 7.11 Å². The van der Waals surface area contributed by atoms with Crippen molar-refractivity contribution in [1.82, 2.24) is 4.90 Å². The van der Waals surface area contributed by atoms with Gasteiger partial charge in [0.2, 0.25) is 13.1 Å². The fraction of sp³-hybridized carbons (Fsp3) is 0.583. The highest BCUT2D eigenvalue weighted by molar-refractivity contribution is 7.59. The molecule has 0 saturated carbocycles. The molecule has 0 amide bonds. The first kappa shape index (κ1) is 23.7. The summed E-state index contributed by atoms with van der Waals surface area (Å²) in [5.74, 6) is 1.03.